The first-order valence-electron chi connectivity index (χ1n) is 3.09. The van der Waals surface area contributed by atoms with Gasteiger partial charge in [-0.2, -0.15) is 0 Å². The summed E-state index contributed by atoms with van der Waals surface area (Å²) in [5, 5.41) is 0. The molecule has 0 spiro atoms. The Bertz CT molecular complexity index is 237. The molecule has 0 bridgehead atoms. The van der Waals surface area contributed by atoms with Crippen LogP contribution in [0.25, 0.3) is 5.73 Å². The third kappa shape index (κ3) is 2.55. The van der Waals surface area contributed by atoms with Crippen molar-refractivity contribution < 1.29 is 18.9 Å². The quantitative estimate of drug-likeness (QED) is 0.559. The van der Waals surface area contributed by atoms with Crippen LogP contribution in [-0.4, -0.2) is 0 Å². The Balaban J connectivity index is 0.000001000. The largest absolute Gasteiger partial charge is 1.00 e. The average molecular weight is 206 g/mol. The maximum absolute atomic E-state index is 7.49. The molecule has 54 valence electrons. The minimum atomic E-state index is 0. The van der Waals surface area contributed by atoms with Gasteiger partial charge in [0.15, 0.2) is 0 Å². The van der Waals surface area contributed by atoms with Gasteiger partial charge in [-0.1, -0.05) is 27.6 Å². The molecule has 0 saturated heterocycles. The zero-order valence-electron chi connectivity index (χ0n) is 7.03. The molecule has 1 aromatic carbocycles. The predicted molar refractivity (Wildman–Crippen MR) is 47.6 cm³/mol. The number of benzene rings is 1. The van der Waals surface area contributed by atoms with E-state index in [2.05, 4.69) is 15.9 Å². The van der Waals surface area contributed by atoms with Gasteiger partial charge in [-0.15, -0.1) is 5.69 Å². The molecule has 1 nitrogen and oxygen atoms in total. The van der Waals surface area contributed by atoms with Gasteiger partial charge in [-0.05, 0) is 25.5 Å². The standard InChI is InChI=1S/C8H9BrN.Li/c1-5-3-6(2)8(10)7(9)4-5;/h3-4,10H,1-2H3;/q-1;+1. The maximum Gasteiger partial charge on any atom is 1.00 e. The molecule has 3 heteroatoms. The van der Waals surface area contributed by atoms with Gasteiger partial charge in [0.25, 0.3) is 0 Å². The second kappa shape index (κ2) is 4.21. The third-order valence-electron chi connectivity index (χ3n) is 1.43. The number of nitrogens with one attached hydrogen (secondary N) is 1. The maximum atomic E-state index is 7.49. The van der Waals surface area contributed by atoms with Crippen molar-refractivity contribution in [2.45, 2.75) is 13.8 Å². The van der Waals surface area contributed by atoms with Gasteiger partial charge in [0.05, 0.1) is 0 Å². The van der Waals surface area contributed by atoms with E-state index in [1.165, 1.54) is 5.56 Å². The van der Waals surface area contributed by atoms with Crippen LogP contribution in [0, 0.1) is 13.8 Å². The van der Waals surface area contributed by atoms with Crippen LogP contribution >= 0.6 is 15.9 Å². The molecule has 0 saturated carbocycles. The van der Waals surface area contributed by atoms with E-state index in [0.29, 0.717) is 5.69 Å². The van der Waals surface area contributed by atoms with Crippen molar-refractivity contribution in [1.29, 1.82) is 0 Å². The Hall–Kier alpha value is 0.0974. The van der Waals surface area contributed by atoms with Crippen LogP contribution < -0.4 is 18.9 Å². The molecule has 0 amide bonds. The van der Waals surface area contributed by atoms with E-state index in [1.807, 2.05) is 26.0 Å². The summed E-state index contributed by atoms with van der Waals surface area (Å²) >= 11 is 3.31. The summed E-state index contributed by atoms with van der Waals surface area (Å²) in [4.78, 5) is 0. The average Bonchev–Trinajstić information content (AvgIpc) is 1.82. The second-order valence-electron chi connectivity index (χ2n) is 2.44. The first-order chi connectivity index (χ1) is 4.61. The van der Waals surface area contributed by atoms with E-state index in [1.54, 1.807) is 0 Å². The summed E-state index contributed by atoms with van der Waals surface area (Å²) in [6, 6.07) is 3.96. The summed E-state index contributed by atoms with van der Waals surface area (Å²) in [5.41, 5.74) is 10.3. The summed E-state index contributed by atoms with van der Waals surface area (Å²) in [5.74, 6) is 0. The fourth-order valence-corrected chi connectivity index (χ4v) is 1.59. The normalized spacial score (nSPS) is 9.00. The zero-order chi connectivity index (χ0) is 7.72. The molecule has 11 heavy (non-hydrogen) atoms. The molecule has 0 fully saturated rings. The molecule has 0 aliphatic rings. The Morgan fingerprint density at radius 3 is 2.27 bits per heavy atom. The number of hydrogen-bond acceptors (Lipinski definition) is 0. The monoisotopic (exact) mass is 205 g/mol. The van der Waals surface area contributed by atoms with Crippen LogP contribution in [0.5, 0.6) is 0 Å². The summed E-state index contributed by atoms with van der Waals surface area (Å²) in [6.07, 6.45) is 0. The number of halogens is 1. The van der Waals surface area contributed by atoms with Gasteiger partial charge >= 0.3 is 18.9 Å². The van der Waals surface area contributed by atoms with Gasteiger partial charge in [-0.3, -0.25) is 0 Å². The van der Waals surface area contributed by atoms with Gasteiger partial charge in [0, 0.05) is 4.47 Å². The Morgan fingerprint density at radius 2 is 1.82 bits per heavy atom. The Morgan fingerprint density at radius 1 is 1.27 bits per heavy atom. The van der Waals surface area contributed by atoms with E-state index >= 15 is 0 Å². The number of rotatable bonds is 0. The smallest absolute Gasteiger partial charge is 0.698 e. The summed E-state index contributed by atoms with van der Waals surface area (Å²) in [6.45, 7) is 3.97. The first kappa shape index (κ1) is 11.1. The fraction of sp³-hybridized carbons (Fsp3) is 0.250. The van der Waals surface area contributed by atoms with Crippen molar-refractivity contribution in [2.75, 3.05) is 0 Å². The van der Waals surface area contributed by atoms with E-state index in [4.69, 9.17) is 5.73 Å². The van der Waals surface area contributed by atoms with Crippen molar-refractivity contribution in [1.82, 2.24) is 0 Å². The number of aryl methyl sites for hydroxylation is 2. The van der Waals surface area contributed by atoms with Crippen LogP contribution in [0.15, 0.2) is 16.6 Å². The van der Waals surface area contributed by atoms with Crippen LogP contribution in [0.2, 0.25) is 0 Å². The zero-order valence-corrected chi connectivity index (χ0v) is 8.62. The van der Waals surface area contributed by atoms with Gasteiger partial charge in [-0.25, -0.2) is 0 Å². The van der Waals surface area contributed by atoms with Crippen LogP contribution in [-0.2, 0) is 0 Å². The number of hydrogen-bond donors (Lipinski definition) is 0. The second-order valence-corrected chi connectivity index (χ2v) is 3.29. The molecule has 0 aliphatic heterocycles. The molecule has 0 aliphatic carbocycles. The van der Waals surface area contributed by atoms with E-state index in [-0.39, 0.29) is 18.9 Å². The van der Waals surface area contributed by atoms with E-state index < -0.39 is 0 Å². The Labute approximate surface area is 87.7 Å². The topological polar surface area (TPSA) is 23.8 Å². The molecule has 0 radical (unpaired) electrons. The molecule has 1 aromatic rings. The van der Waals surface area contributed by atoms with Crippen LogP contribution in [0.3, 0.4) is 0 Å². The van der Waals surface area contributed by atoms with Crippen molar-refractivity contribution >= 4 is 21.6 Å². The predicted octanol–water partition coefficient (Wildman–Crippen LogP) is 0.754. The van der Waals surface area contributed by atoms with E-state index in [0.717, 1.165) is 10.0 Å². The molecule has 1 rings (SSSR count). The molecular formula is C8H9BrLiN. The molecule has 0 atom stereocenters. The Kier molecular flexibility index (Phi) is 4.24. The first-order valence-corrected chi connectivity index (χ1v) is 3.89. The summed E-state index contributed by atoms with van der Waals surface area (Å²) in [7, 11) is 0. The van der Waals surface area contributed by atoms with Crippen molar-refractivity contribution in [2.24, 2.45) is 0 Å². The third-order valence-corrected chi connectivity index (χ3v) is 2.06. The molecular weight excluding hydrogens is 197 g/mol. The minimum Gasteiger partial charge on any atom is -0.698 e. The molecule has 0 heterocycles. The van der Waals surface area contributed by atoms with Crippen molar-refractivity contribution in [3.8, 4) is 0 Å². The van der Waals surface area contributed by atoms with Crippen molar-refractivity contribution in [3.63, 3.8) is 0 Å². The van der Waals surface area contributed by atoms with Gasteiger partial charge in [0.2, 0.25) is 0 Å². The van der Waals surface area contributed by atoms with Crippen molar-refractivity contribution in [3.05, 3.63) is 33.5 Å². The molecule has 0 aromatic heterocycles. The SMILES string of the molecule is Cc1cc(C)c([NH-])c(Br)c1.[Li+]. The minimum absolute atomic E-state index is 0. The fourth-order valence-electron chi connectivity index (χ4n) is 0.916. The molecule has 1 N–H and O–H groups in total. The van der Waals surface area contributed by atoms with E-state index in [9.17, 15) is 0 Å². The van der Waals surface area contributed by atoms with Crippen LogP contribution in [0.1, 0.15) is 11.1 Å². The molecule has 0 unspecified atom stereocenters. The summed E-state index contributed by atoms with van der Waals surface area (Å²) < 4.78 is 0.880. The van der Waals surface area contributed by atoms with Crippen LogP contribution in [0.4, 0.5) is 5.69 Å². The van der Waals surface area contributed by atoms with Gasteiger partial charge in [0.1, 0.15) is 0 Å². The van der Waals surface area contributed by atoms with Gasteiger partial charge < -0.3 is 5.73 Å².